The Balaban J connectivity index is 1.04. The summed E-state index contributed by atoms with van der Waals surface area (Å²) in [5.41, 5.74) is 3.40. The number of nitrogens with zero attached hydrogens (tertiary/aromatic N) is 4. The fraction of sp³-hybridized carbons (Fsp3) is 0.394. The van der Waals surface area contributed by atoms with Crippen LogP contribution in [0.25, 0.3) is 0 Å². The number of amides is 3. The van der Waals surface area contributed by atoms with Gasteiger partial charge >= 0.3 is 0 Å². The summed E-state index contributed by atoms with van der Waals surface area (Å²) in [7, 11) is 1.57. The van der Waals surface area contributed by atoms with Gasteiger partial charge in [0.05, 0.1) is 32.1 Å². The number of nitrogens with one attached hydrogen (secondary N) is 1. The first kappa shape index (κ1) is 30.3. The van der Waals surface area contributed by atoms with E-state index < -0.39 is 11.9 Å². The molecule has 3 aromatic rings. The number of carbonyl (C=O) groups excluding carboxylic acids is 3. The zero-order valence-electron chi connectivity index (χ0n) is 25.4. The maximum atomic E-state index is 15.2. The molecule has 4 heterocycles. The van der Waals surface area contributed by atoms with Gasteiger partial charge in [0.2, 0.25) is 11.8 Å². The number of carbonyl (C=O) groups is 3. The van der Waals surface area contributed by atoms with Gasteiger partial charge in [0.1, 0.15) is 24.2 Å². The minimum absolute atomic E-state index is 0.124. The maximum absolute atomic E-state index is 15.2. The van der Waals surface area contributed by atoms with E-state index in [1.807, 2.05) is 19.1 Å². The Hall–Kier alpha value is -4.71. The molecule has 3 amide bonds. The second-order valence-corrected chi connectivity index (χ2v) is 11.3. The molecule has 2 saturated heterocycles. The van der Waals surface area contributed by atoms with E-state index in [2.05, 4.69) is 20.1 Å². The smallest absolute Gasteiger partial charge is 0.256 e. The van der Waals surface area contributed by atoms with Crippen molar-refractivity contribution in [1.29, 1.82) is 0 Å². The third-order valence-corrected chi connectivity index (χ3v) is 8.48. The topological polar surface area (TPSA) is 114 Å². The summed E-state index contributed by atoms with van der Waals surface area (Å²) in [4.78, 5) is 47.4. The van der Waals surface area contributed by atoms with E-state index in [1.54, 1.807) is 37.6 Å². The molecule has 3 aliphatic rings. The Morgan fingerprint density at radius 1 is 1.02 bits per heavy atom. The Morgan fingerprint density at radius 3 is 2.58 bits per heavy atom. The SMILES string of the molecule is CCOc1cc(N2CCN(Cc3ccc(COc4cccc5c4CN(C4CCC(=O)NC4=O)C5=O)cc3F)CC2)cnc1OC. The molecule has 11 nitrogen and oxygen atoms in total. The molecule has 3 aliphatic heterocycles. The molecule has 2 fully saturated rings. The molecule has 0 radical (unpaired) electrons. The summed E-state index contributed by atoms with van der Waals surface area (Å²) in [5, 5.41) is 2.31. The van der Waals surface area contributed by atoms with Crippen LogP contribution in [0.1, 0.15) is 46.8 Å². The highest BCUT2D eigenvalue weighted by Gasteiger charge is 2.40. The van der Waals surface area contributed by atoms with E-state index in [-0.39, 0.29) is 43.6 Å². The Kier molecular flexibility index (Phi) is 8.83. The summed E-state index contributed by atoms with van der Waals surface area (Å²) in [5.74, 6) is 0.239. The van der Waals surface area contributed by atoms with E-state index in [0.29, 0.717) is 52.8 Å². The lowest BCUT2D eigenvalue weighted by Crippen LogP contribution is -2.52. The normalized spacial score (nSPS) is 18.6. The third kappa shape index (κ3) is 6.41. The molecule has 0 spiro atoms. The van der Waals surface area contributed by atoms with Gasteiger partial charge in [0.15, 0.2) is 5.75 Å². The molecule has 0 bridgehead atoms. The van der Waals surface area contributed by atoms with Crippen molar-refractivity contribution in [2.24, 2.45) is 0 Å². The number of hydrogen-bond acceptors (Lipinski definition) is 9. The summed E-state index contributed by atoms with van der Waals surface area (Å²) >= 11 is 0. The third-order valence-electron chi connectivity index (χ3n) is 8.48. The van der Waals surface area contributed by atoms with Crippen LogP contribution in [0.5, 0.6) is 17.4 Å². The van der Waals surface area contributed by atoms with Gasteiger partial charge in [-0.3, -0.25) is 24.6 Å². The van der Waals surface area contributed by atoms with Crippen LogP contribution >= 0.6 is 0 Å². The van der Waals surface area contributed by atoms with Crippen molar-refractivity contribution in [3.05, 3.63) is 76.7 Å². The highest BCUT2D eigenvalue weighted by molar-refractivity contribution is 6.05. The van der Waals surface area contributed by atoms with Crippen molar-refractivity contribution < 1.29 is 33.0 Å². The molecule has 0 saturated carbocycles. The number of rotatable bonds is 10. The summed E-state index contributed by atoms with van der Waals surface area (Å²) in [6.07, 6.45) is 2.26. The van der Waals surface area contributed by atoms with Gasteiger partial charge in [0.25, 0.3) is 11.8 Å². The lowest BCUT2D eigenvalue weighted by atomic mass is 10.0. The monoisotopic (exact) mass is 617 g/mol. The largest absolute Gasteiger partial charge is 0.489 e. The molecule has 12 heteroatoms. The van der Waals surface area contributed by atoms with E-state index in [0.717, 1.165) is 31.9 Å². The molecule has 2 aromatic carbocycles. The average molecular weight is 618 g/mol. The van der Waals surface area contributed by atoms with Gasteiger partial charge in [-0.2, -0.15) is 0 Å². The molecule has 45 heavy (non-hydrogen) atoms. The quantitative estimate of drug-likeness (QED) is 0.343. The Labute approximate surface area is 260 Å². The lowest BCUT2D eigenvalue weighted by Gasteiger charge is -2.36. The van der Waals surface area contributed by atoms with Gasteiger partial charge in [-0.1, -0.05) is 18.2 Å². The Bertz CT molecular complexity index is 1610. The van der Waals surface area contributed by atoms with Crippen LogP contribution in [0.3, 0.4) is 0 Å². The van der Waals surface area contributed by atoms with Crippen molar-refractivity contribution in [2.75, 3.05) is 44.8 Å². The molecule has 1 atom stereocenters. The number of hydrogen-bond donors (Lipinski definition) is 1. The number of anilines is 1. The van der Waals surface area contributed by atoms with E-state index in [4.69, 9.17) is 14.2 Å². The second-order valence-electron chi connectivity index (χ2n) is 11.3. The number of halogens is 1. The van der Waals surface area contributed by atoms with Crippen LogP contribution < -0.4 is 24.4 Å². The lowest BCUT2D eigenvalue weighted by molar-refractivity contribution is -0.136. The van der Waals surface area contributed by atoms with Crippen LogP contribution in [-0.4, -0.2) is 78.4 Å². The second kappa shape index (κ2) is 13.1. The number of aromatic nitrogens is 1. The van der Waals surface area contributed by atoms with Crippen LogP contribution in [0.4, 0.5) is 10.1 Å². The fourth-order valence-corrected chi connectivity index (χ4v) is 6.07. The number of imide groups is 1. The first-order valence-corrected chi connectivity index (χ1v) is 15.2. The minimum atomic E-state index is -0.701. The number of piperidine rings is 1. The average Bonchev–Trinajstić information content (AvgIpc) is 3.38. The van der Waals surface area contributed by atoms with Crippen molar-refractivity contribution in [3.63, 3.8) is 0 Å². The van der Waals surface area contributed by atoms with Gasteiger partial charge in [-0.05, 0) is 37.1 Å². The van der Waals surface area contributed by atoms with Gasteiger partial charge in [-0.15, -0.1) is 0 Å². The molecular weight excluding hydrogens is 581 g/mol. The molecule has 1 N–H and O–H groups in total. The number of fused-ring (bicyclic) bond motifs is 1. The predicted octanol–water partition coefficient (Wildman–Crippen LogP) is 3.29. The van der Waals surface area contributed by atoms with E-state index in [1.165, 1.54) is 11.0 Å². The first-order chi connectivity index (χ1) is 21.8. The van der Waals surface area contributed by atoms with Crippen LogP contribution in [0, 0.1) is 5.82 Å². The highest BCUT2D eigenvalue weighted by Crippen LogP contribution is 2.34. The molecule has 6 rings (SSSR count). The molecule has 0 aliphatic carbocycles. The molecule has 1 aromatic heterocycles. The predicted molar refractivity (Wildman–Crippen MR) is 163 cm³/mol. The first-order valence-electron chi connectivity index (χ1n) is 15.2. The van der Waals surface area contributed by atoms with Crippen LogP contribution in [-0.2, 0) is 29.3 Å². The van der Waals surface area contributed by atoms with Crippen molar-refractivity contribution in [1.82, 2.24) is 20.1 Å². The zero-order valence-corrected chi connectivity index (χ0v) is 25.4. The van der Waals surface area contributed by atoms with Gasteiger partial charge < -0.3 is 24.0 Å². The zero-order chi connectivity index (χ0) is 31.5. The van der Waals surface area contributed by atoms with E-state index >= 15 is 4.39 Å². The van der Waals surface area contributed by atoms with Crippen LogP contribution in [0.15, 0.2) is 48.7 Å². The van der Waals surface area contributed by atoms with Crippen molar-refractivity contribution in [3.8, 4) is 17.4 Å². The number of ether oxygens (including phenoxy) is 3. The maximum Gasteiger partial charge on any atom is 0.256 e. The molecule has 1 unspecified atom stereocenters. The number of benzene rings is 2. The van der Waals surface area contributed by atoms with Crippen LogP contribution in [0.2, 0.25) is 0 Å². The highest BCUT2D eigenvalue weighted by atomic mass is 19.1. The number of methoxy groups -OCH3 is 1. The number of pyridine rings is 1. The van der Waals surface area contributed by atoms with Gasteiger partial charge in [-0.25, -0.2) is 9.37 Å². The summed E-state index contributed by atoms with van der Waals surface area (Å²) in [6, 6.07) is 11.6. The van der Waals surface area contributed by atoms with E-state index in [9.17, 15) is 14.4 Å². The molecular formula is C33H36FN5O6. The van der Waals surface area contributed by atoms with Gasteiger partial charge in [0, 0.05) is 61.9 Å². The standard InChI is InChI=1S/C33H36FN5O6/c1-3-44-29-16-23(17-35-32(29)43-2)38-13-11-37(12-14-38)18-22-8-7-21(15-26(22)34)20-45-28-6-4-5-24-25(28)19-39(33(24)42)27-9-10-30(40)36-31(27)41/h4-8,15-17,27H,3,9-14,18-20H2,1-2H3,(H,36,40,41). The molecule has 236 valence electrons. The number of piperazine rings is 1. The minimum Gasteiger partial charge on any atom is -0.489 e. The fourth-order valence-electron chi connectivity index (χ4n) is 6.07. The van der Waals surface area contributed by atoms with Crippen molar-refractivity contribution in [2.45, 2.75) is 45.5 Å². The summed E-state index contributed by atoms with van der Waals surface area (Å²) in [6.45, 7) is 6.36. The Morgan fingerprint density at radius 2 is 1.84 bits per heavy atom. The van der Waals surface area contributed by atoms with Crippen molar-refractivity contribution >= 4 is 23.4 Å². The summed E-state index contributed by atoms with van der Waals surface area (Å²) < 4.78 is 32.2.